The van der Waals surface area contributed by atoms with Crippen LogP contribution in [-0.4, -0.2) is 17.8 Å². The lowest BCUT2D eigenvalue weighted by Crippen LogP contribution is -2.10. The minimum Gasteiger partial charge on any atom is -0.389 e. The molecule has 0 saturated carbocycles. The van der Waals surface area contributed by atoms with Crippen LogP contribution in [-0.2, 0) is 0 Å². The molecule has 0 amide bonds. The molecule has 2 heteroatoms. The van der Waals surface area contributed by atoms with E-state index >= 15 is 0 Å². The van der Waals surface area contributed by atoms with Crippen molar-refractivity contribution in [2.24, 2.45) is 5.73 Å². The van der Waals surface area contributed by atoms with Crippen LogP contribution in [0.5, 0.6) is 0 Å². The molecule has 0 aliphatic carbocycles. The Balaban J connectivity index is 3.25. The Morgan fingerprint density at radius 3 is 2.78 bits per heavy atom. The van der Waals surface area contributed by atoms with Gasteiger partial charge in [0.1, 0.15) is 0 Å². The van der Waals surface area contributed by atoms with Crippen molar-refractivity contribution in [3.05, 3.63) is 12.2 Å². The fourth-order valence-corrected chi connectivity index (χ4v) is 0.560. The van der Waals surface area contributed by atoms with Gasteiger partial charge in [-0.15, -0.1) is 0 Å². The molecular formula is C7H15NO. The highest BCUT2D eigenvalue weighted by atomic mass is 16.3. The van der Waals surface area contributed by atoms with E-state index in [1.807, 2.05) is 13.0 Å². The molecule has 0 aliphatic heterocycles. The van der Waals surface area contributed by atoms with Gasteiger partial charge in [0, 0.05) is 0 Å². The summed E-state index contributed by atoms with van der Waals surface area (Å²) in [4.78, 5) is 0. The Bertz CT molecular complexity index is 81.0. The SMILES string of the molecule is CC/C=C/C(O)CCN. The molecule has 0 aliphatic rings. The molecule has 0 rings (SSSR count). The van der Waals surface area contributed by atoms with Crippen LogP contribution in [0.2, 0.25) is 0 Å². The van der Waals surface area contributed by atoms with E-state index in [1.165, 1.54) is 0 Å². The van der Waals surface area contributed by atoms with Crippen molar-refractivity contribution in [2.75, 3.05) is 6.54 Å². The Hall–Kier alpha value is -0.340. The zero-order valence-corrected chi connectivity index (χ0v) is 5.88. The highest BCUT2D eigenvalue weighted by Gasteiger charge is 1.93. The lowest BCUT2D eigenvalue weighted by molar-refractivity contribution is 0.215. The van der Waals surface area contributed by atoms with Crippen molar-refractivity contribution in [3.8, 4) is 0 Å². The van der Waals surface area contributed by atoms with Gasteiger partial charge in [-0.25, -0.2) is 0 Å². The van der Waals surface area contributed by atoms with Gasteiger partial charge in [-0.3, -0.25) is 0 Å². The summed E-state index contributed by atoms with van der Waals surface area (Å²) in [5, 5.41) is 9.01. The molecule has 0 fully saturated rings. The summed E-state index contributed by atoms with van der Waals surface area (Å²) in [6.45, 7) is 2.58. The van der Waals surface area contributed by atoms with Crippen LogP contribution < -0.4 is 5.73 Å². The Labute approximate surface area is 56.4 Å². The molecule has 0 aromatic carbocycles. The normalized spacial score (nSPS) is 14.6. The number of rotatable bonds is 4. The molecule has 1 unspecified atom stereocenters. The topological polar surface area (TPSA) is 46.2 Å². The summed E-state index contributed by atoms with van der Waals surface area (Å²) in [7, 11) is 0. The summed E-state index contributed by atoms with van der Waals surface area (Å²) in [5.74, 6) is 0. The number of nitrogens with two attached hydrogens (primary N) is 1. The molecule has 9 heavy (non-hydrogen) atoms. The Kier molecular flexibility index (Phi) is 5.57. The molecule has 1 atom stereocenters. The first-order valence-corrected chi connectivity index (χ1v) is 3.36. The molecule has 54 valence electrons. The van der Waals surface area contributed by atoms with Crippen LogP contribution in [0.15, 0.2) is 12.2 Å². The Morgan fingerprint density at radius 1 is 1.67 bits per heavy atom. The quantitative estimate of drug-likeness (QED) is 0.548. The van der Waals surface area contributed by atoms with E-state index in [4.69, 9.17) is 10.8 Å². The first-order valence-electron chi connectivity index (χ1n) is 3.36. The predicted octanol–water partition coefficient (Wildman–Crippen LogP) is 0.662. The number of aliphatic hydroxyl groups is 1. The first-order chi connectivity index (χ1) is 4.31. The van der Waals surface area contributed by atoms with E-state index < -0.39 is 0 Å². The van der Waals surface area contributed by atoms with Gasteiger partial charge in [0.25, 0.3) is 0 Å². The van der Waals surface area contributed by atoms with Gasteiger partial charge in [-0.1, -0.05) is 19.1 Å². The summed E-state index contributed by atoms with van der Waals surface area (Å²) in [5.41, 5.74) is 5.21. The lowest BCUT2D eigenvalue weighted by Gasteiger charge is -1.99. The largest absolute Gasteiger partial charge is 0.389 e. The molecule has 0 bridgehead atoms. The molecule has 0 heterocycles. The second kappa shape index (κ2) is 5.79. The van der Waals surface area contributed by atoms with Crippen molar-refractivity contribution in [1.82, 2.24) is 0 Å². The molecule has 0 aromatic heterocycles. The maximum Gasteiger partial charge on any atom is 0.0732 e. The fraction of sp³-hybridized carbons (Fsp3) is 0.714. The van der Waals surface area contributed by atoms with Crippen LogP contribution in [0.25, 0.3) is 0 Å². The monoisotopic (exact) mass is 129 g/mol. The highest BCUT2D eigenvalue weighted by Crippen LogP contribution is 1.91. The molecule has 3 N–H and O–H groups in total. The predicted molar refractivity (Wildman–Crippen MR) is 39.1 cm³/mol. The third-order valence-corrected chi connectivity index (χ3v) is 1.06. The fourth-order valence-electron chi connectivity index (χ4n) is 0.560. The highest BCUT2D eigenvalue weighted by molar-refractivity contribution is 4.87. The molecule has 0 saturated heterocycles. The second-order valence-electron chi connectivity index (χ2n) is 1.98. The molecular weight excluding hydrogens is 114 g/mol. The third-order valence-electron chi connectivity index (χ3n) is 1.06. The minimum absolute atomic E-state index is 0.338. The van der Waals surface area contributed by atoms with Gasteiger partial charge >= 0.3 is 0 Å². The van der Waals surface area contributed by atoms with E-state index in [0.717, 1.165) is 6.42 Å². The standard InChI is InChI=1S/C7H15NO/c1-2-3-4-7(9)5-6-8/h3-4,7,9H,2,5-6,8H2,1H3/b4-3+. The molecule has 0 aromatic rings. The van der Waals surface area contributed by atoms with Gasteiger partial charge < -0.3 is 10.8 Å². The van der Waals surface area contributed by atoms with E-state index in [0.29, 0.717) is 13.0 Å². The van der Waals surface area contributed by atoms with E-state index in [1.54, 1.807) is 6.08 Å². The summed E-state index contributed by atoms with van der Waals surface area (Å²) in [6.07, 6.45) is 5.03. The van der Waals surface area contributed by atoms with Crippen molar-refractivity contribution in [2.45, 2.75) is 25.9 Å². The average molecular weight is 129 g/mol. The number of hydrogen-bond donors (Lipinski definition) is 2. The van der Waals surface area contributed by atoms with Crippen LogP contribution in [0.1, 0.15) is 19.8 Å². The molecule has 0 radical (unpaired) electrons. The first kappa shape index (κ1) is 8.66. The number of hydrogen-bond acceptors (Lipinski definition) is 2. The number of allylic oxidation sites excluding steroid dienone is 1. The van der Waals surface area contributed by atoms with Gasteiger partial charge in [0.05, 0.1) is 6.10 Å². The number of aliphatic hydroxyl groups excluding tert-OH is 1. The summed E-state index contributed by atoms with van der Waals surface area (Å²) < 4.78 is 0. The van der Waals surface area contributed by atoms with E-state index in [-0.39, 0.29) is 6.10 Å². The van der Waals surface area contributed by atoms with Crippen molar-refractivity contribution >= 4 is 0 Å². The smallest absolute Gasteiger partial charge is 0.0732 e. The summed E-state index contributed by atoms with van der Waals surface area (Å²) >= 11 is 0. The zero-order valence-electron chi connectivity index (χ0n) is 5.88. The van der Waals surface area contributed by atoms with Crippen molar-refractivity contribution in [3.63, 3.8) is 0 Å². The molecule has 2 nitrogen and oxygen atoms in total. The van der Waals surface area contributed by atoms with Crippen LogP contribution in [0.3, 0.4) is 0 Å². The van der Waals surface area contributed by atoms with Crippen LogP contribution in [0.4, 0.5) is 0 Å². The van der Waals surface area contributed by atoms with E-state index in [2.05, 4.69) is 0 Å². The van der Waals surface area contributed by atoms with Crippen LogP contribution in [0, 0.1) is 0 Å². The van der Waals surface area contributed by atoms with Gasteiger partial charge in [-0.2, -0.15) is 0 Å². The van der Waals surface area contributed by atoms with Crippen molar-refractivity contribution < 1.29 is 5.11 Å². The van der Waals surface area contributed by atoms with Gasteiger partial charge in [-0.05, 0) is 19.4 Å². The lowest BCUT2D eigenvalue weighted by atomic mass is 10.2. The summed E-state index contributed by atoms with van der Waals surface area (Å²) in [6, 6.07) is 0. The maximum absolute atomic E-state index is 9.01. The Morgan fingerprint density at radius 2 is 2.33 bits per heavy atom. The third kappa shape index (κ3) is 5.53. The van der Waals surface area contributed by atoms with Crippen molar-refractivity contribution in [1.29, 1.82) is 0 Å². The minimum atomic E-state index is -0.338. The van der Waals surface area contributed by atoms with Crippen LogP contribution >= 0.6 is 0 Å². The molecule has 0 spiro atoms. The van der Waals surface area contributed by atoms with Gasteiger partial charge in [0.15, 0.2) is 0 Å². The van der Waals surface area contributed by atoms with Gasteiger partial charge in [0.2, 0.25) is 0 Å². The van der Waals surface area contributed by atoms with E-state index in [9.17, 15) is 0 Å². The maximum atomic E-state index is 9.01. The second-order valence-corrected chi connectivity index (χ2v) is 1.98. The zero-order chi connectivity index (χ0) is 7.11. The average Bonchev–Trinajstić information content (AvgIpc) is 1.85.